The second kappa shape index (κ2) is 4.92. The van der Waals surface area contributed by atoms with Gasteiger partial charge in [-0.15, -0.1) is 0 Å². The number of rotatable bonds is 3. The predicted octanol–water partition coefficient (Wildman–Crippen LogP) is 1.58. The van der Waals surface area contributed by atoms with Crippen molar-refractivity contribution < 1.29 is 19.2 Å². The largest absolute Gasteiger partial charge is 0.478 e. The van der Waals surface area contributed by atoms with Crippen LogP contribution in [-0.2, 0) is 0 Å². The van der Waals surface area contributed by atoms with E-state index in [4.69, 9.17) is 5.11 Å². The summed E-state index contributed by atoms with van der Waals surface area (Å²) in [6.45, 7) is 0. The molecule has 1 aromatic carbocycles. The van der Waals surface area contributed by atoms with Gasteiger partial charge in [-0.2, -0.15) is 0 Å². The number of non-ortho nitro benzene ring substituents is 1. The molecule has 0 fully saturated rings. The minimum atomic E-state index is -1.27. The number of aromatic nitrogens is 1. The molecule has 1 aromatic heterocycles. The molecule has 8 heteroatoms. The molecule has 0 unspecified atom stereocenters. The lowest BCUT2D eigenvalue weighted by molar-refractivity contribution is -0.385. The van der Waals surface area contributed by atoms with Crippen molar-refractivity contribution in [3.8, 4) is 5.69 Å². The van der Waals surface area contributed by atoms with Gasteiger partial charge in [-0.05, 0) is 12.1 Å². The van der Waals surface area contributed by atoms with Crippen LogP contribution in [0.3, 0.4) is 0 Å². The fourth-order valence-corrected chi connectivity index (χ4v) is 1.62. The number of nitro benzene ring substituents is 1. The summed E-state index contributed by atoms with van der Waals surface area (Å²) in [5.74, 6) is -2.17. The van der Waals surface area contributed by atoms with E-state index >= 15 is 0 Å². The zero-order chi connectivity index (χ0) is 14.9. The SMILES string of the molecule is O=C(O)c1ccc(=O)n(-c2cc(F)cc([N+](=O)[O-])c2)c1. The zero-order valence-corrected chi connectivity index (χ0v) is 9.82. The summed E-state index contributed by atoms with van der Waals surface area (Å²) in [6.07, 6.45) is 0.975. The molecule has 0 aliphatic carbocycles. The van der Waals surface area contributed by atoms with Gasteiger partial charge in [0.05, 0.1) is 22.2 Å². The highest BCUT2D eigenvalue weighted by molar-refractivity contribution is 5.87. The third-order valence-electron chi connectivity index (χ3n) is 2.51. The molecular formula is C12H7FN2O5. The molecule has 102 valence electrons. The third kappa shape index (κ3) is 2.53. The molecule has 1 heterocycles. The number of pyridine rings is 1. The summed E-state index contributed by atoms with van der Waals surface area (Å²) < 4.78 is 14.2. The van der Waals surface area contributed by atoms with Crippen molar-refractivity contribution in [1.82, 2.24) is 4.57 Å². The average Bonchev–Trinajstić information content (AvgIpc) is 2.38. The van der Waals surface area contributed by atoms with E-state index in [0.29, 0.717) is 6.07 Å². The minimum Gasteiger partial charge on any atom is -0.478 e. The van der Waals surface area contributed by atoms with Crippen molar-refractivity contribution in [1.29, 1.82) is 0 Å². The third-order valence-corrected chi connectivity index (χ3v) is 2.51. The maximum atomic E-state index is 13.3. The molecule has 0 bridgehead atoms. The van der Waals surface area contributed by atoms with E-state index in [2.05, 4.69) is 0 Å². The van der Waals surface area contributed by atoms with E-state index in [1.165, 1.54) is 0 Å². The van der Waals surface area contributed by atoms with Gasteiger partial charge in [-0.1, -0.05) is 0 Å². The Bertz CT molecular complexity index is 769. The summed E-state index contributed by atoms with van der Waals surface area (Å²) in [5.41, 5.74) is -1.48. The van der Waals surface area contributed by atoms with Crippen molar-refractivity contribution >= 4 is 11.7 Å². The molecule has 0 saturated heterocycles. The minimum absolute atomic E-state index is 0.121. The number of hydrogen-bond acceptors (Lipinski definition) is 4. The van der Waals surface area contributed by atoms with Gasteiger partial charge in [0.2, 0.25) is 0 Å². The van der Waals surface area contributed by atoms with Gasteiger partial charge < -0.3 is 5.11 Å². The molecule has 0 amide bonds. The lowest BCUT2D eigenvalue weighted by Gasteiger charge is -2.06. The van der Waals surface area contributed by atoms with Crippen LogP contribution in [0.4, 0.5) is 10.1 Å². The van der Waals surface area contributed by atoms with Crippen LogP contribution in [-0.4, -0.2) is 20.6 Å². The van der Waals surface area contributed by atoms with E-state index < -0.39 is 28.0 Å². The van der Waals surface area contributed by atoms with Crippen molar-refractivity contribution in [2.75, 3.05) is 0 Å². The lowest BCUT2D eigenvalue weighted by atomic mass is 10.2. The standard InChI is InChI=1S/C12H7FN2O5/c13-8-3-9(5-10(4-8)15(19)20)14-6-7(12(17)18)1-2-11(14)16/h1-6H,(H,17,18). The van der Waals surface area contributed by atoms with Crippen molar-refractivity contribution in [2.24, 2.45) is 0 Å². The van der Waals surface area contributed by atoms with E-state index in [9.17, 15) is 24.1 Å². The Morgan fingerprint density at radius 1 is 1.30 bits per heavy atom. The van der Waals surface area contributed by atoms with E-state index in [0.717, 1.165) is 35.0 Å². The highest BCUT2D eigenvalue weighted by Crippen LogP contribution is 2.18. The van der Waals surface area contributed by atoms with Gasteiger partial charge in [-0.25, -0.2) is 9.18 Å². The van der Waals surface area contributed by atoms with Crippen LogP contribution in [0, 0.1) is 15.9 Å². The van der Waals surface area contributed by atoms with Gasteiger partial charge >= 0.3 is 5.97 Å². The maximum absolute atomic E-state index is 13.3. The summed E-state index contributed by atoms with van der Waals surface area (Å²) in [5, 5.41) is 19.5. The number of aromatic carboxylic acids is 1. The Labute approximate surface area is 110 Å². The molecule has 20 heavy (non-hydrogen) atoms. The molecule has 1 N–H and O–H groups in total. The Morgan fingerprint density at radius 3 is 2.60 bits per heavy atom. The number of carboxylic acids is 1. The van der Waals surface area contributed by atoms with Gasteiger partial charge in [0.25, 0.3) is 11.2 Å². The first kappa shape index (κ1) is 13.4. The average molecular weight is 278 g/mol. The van der Waals surface area contributed by atoms with Crippen molar-refractivity contribution in [3.63, 3.8) is 0 Å². The summed E-state index contributed by atoms with van der Waals surface area (Å²) in [6, 6.07) is 4.67. The monoisotopic (exact) mass is 278 g/mol. The summed E-state index contributed by atoms with van der Waals surface area (Å²) in [7, 11) is 0. The molecule has 0 radical (unpaired) electrons. The number of nitrogens with zero attached hydrogens (tertiary/aromatic N) is 2. The number of hydrogen-bond donors (Lipinski definition) is 1. The second-order valence-electron chi connectivity index (χ2n) is 3.86. The van der Waals surface area contributed by atoms with Gasteiger partial charge in [0.15, 0.2) is 0 Å². The van der Waals surface area contributed by atoms with E-state index in [-0.39, 0.29) is 11.3 Å². The Hall–Kier alpha value is -3.03. The quantitative estimate of drug-likeness (QED) is 0.678. The predicted molar refractivity (Wildman–Crippen MR) is 65.6 cm³/mol. The molecule has 2 aromatic rings. The first-order chi connectivity index (χ1) is 9.38. The molecular weight excluding hydrogens is 271 g/mol. The summed E-state index contributed by atoms with van der Waals surface area (Å²) >= 11 is 0. The highest BCUT2D eigenvalue weighted by atomic mass is 19.1. The van der Waals surface area contributed by atoms with E-state index in [1.54, 1.807) is 0 Å². The van der Waals surface area contributed by atoms with Crippen LogP contribution in [0.2, 0.25) is 0 Å². The smallest absolute Gasteiger partial charge is 0.337 e. The number of carboxylic acid groups (broad SMARTS) is 1. The zero-order valence-electron chi connectivity index (χ0n) is 9.82. The topological polar surface area (TPSA) is 102 Å². The Balaban J connectivity index is 2.67. The van der Waals surface area contributed by atoms with Gasteiger partial charge in [0, 0.05) is 18.3 Å². The van der Waals surface area contributed by atoms with Gasteiger partial charge in [-0.3, -0.25) is 19.5 Å². The van der Waals surface area contributed by atoms with Crippen molar-refractivity contribution in [3.05, 3.63) is 68.4 Å². The van der Waals surface area contributed by atoms with Crippen LogP contribution < -0.4 is 5.56 Å². The van der Waals surface area contributed by atoms with Crippen LogP contribution >= 0.6 is 0 Å². The number of halogens is 1. The fraction of sp³-hybridized carbons (Fsp3) is 0. The van der Waals surface area contributed by atoms with Crippen LogP contribution in [0.15, 0.2) is 41.3 Å². The van der Waals surface area contributed by atoms with Crippen LogP contribution in [0.1, 0.15) is 10.4 Å². The first-order valence-corrected chi connectivity index (χ1v) is 5.30. The van der Waals surface area contributed by atoms with Crippen LogP contribution in [0.5, 0.6) is 0 Å². The maximum Gasteiger partial charge on any atom is 0.337 e. The number of nitro groups is 1. The fourth-order valence-electron chi connectivity index (χ4n) is 1.62. The van der Waals surface area contributed by atoms with Crippen molar-refractivity contribution in [2.45, 2.75) is 0 Å². The Morgan fingerprint density at radius 2 is 2.00 bits per heavy atom. The normalized spacial score (nSPS) is 10.2. The molecule has 7 nitrogen and oxygen atoms in total. The molecule has 0 spiro atoms. The molecule has 0 aliphatic rings. The van der Waals surface area contributed by atoms with Crippen LogP contribution in [0.25, 0.3) is 5.69 Å². The first-order valence-electron chi connectivity index (χ1n) is 5.30. The number of benzene rings is 1. The Kier molecular flexibility index (Phi) is 3.30. The molecule has 0 atom stereocenters. The molecule has 0 saturated carbocycles. The highest BCUT2D eigenvalue weighted by Gasteiger charge is 2.13. The number of carbonyl (C=O) groups is 1. The van der Waals surface area contributed by atoms with Gasteiger partial charge in [0.1, 0.15) is 5.82 Å². The van der Waals surface area contributed by atoms with E-state index in [1.807, 2.05) is 0 Å². The lowest BCUT2D eigenvalue weighted by Crippen LogP contribution is -2.18. The molecule has 2 rings (SSSR count). The second-order valence-corrected chi connectivity index (χ2v) is 3.86. The summed E-state index contributed by atoms with van der Waals surface area (Å²) in [4.78, 5) is 32.4. The molecule has 0 aliphatic heterocycles.